The number of rotatable bonds is 6. The largest absolute Gasteiger partial charge is 0.435 e. The van der Waals surface area contributed by atoms with E-state index in [2.05, 4.69) is 31.0 Å². The van der Waals surface area contributed by atoms with E-state index < -0.39 is 6.61 Å². The van der Waals surface area contributed by atoms with E-state index in [4.69, 9.17) is 0 Å². The van der Waals surface area contributed by atoms with E-state index in [9.17, 15) is 18.4 Å². The van der Waals surface area contributed by atoms with Crippen LogP contribution in [0.15, 0.2) is 58.1 Å². The number of fused-ring (bicyclic) bond motifs is 1. The van der Waals surface area contributed by atoms with Gasteiger partial charge in [0.05, 0.1) is 17.2 Å². The fourth-order valence-corrected chi connectivity index (χ4v) is 2.82. The minimum atomic E-state index is -2.90. The summed E-state index contributed by atoms with van der Waals surface area (Å²) in [6.45, 7) is -2.74. The highest BCUT2D eigenvalue weighted by molar-refractivity contribution is 9.10. The van der Waals surface area contributed by atoms with E-state index in [1.165, 1.54) is 35.2 Å². The quantitative estimate of drug-likeness (QED) is 0.636. The van der Waals surface area contributed by atoms with Gasteiger partial charge in [-0.05, 0) is 42.5 Å². The molecule has 140 valence electrons. The highest BCUT2D eigenvalue weighted by Gasteiger charge is 2.08. The summed E-state index contributed by atoms with van der Waals surface area (Å²) in [5.41, 5.74) is 0.784. The van der Waals surface area contributed by atoms with Crippen LogP contribution in [-0.2, 0) is 11.3 Å². The van der Waals surface area contributed by atoms with Crippen molar-refractivity contribution in [3.05, 3.63) is 63.6 Å². The van der Waals surface area contributed by atoms with E-state index in [-0.39, 0.29) is 30.2 Å². The highest BCUT2D eigenvalue weighted by Crippen LogP contribution is 2.18. The first-order chi connectivity index (χ1) is 12.9. The molecule has 3 rings (SSSR count). The van der Waals surface area contributed by atoms with Crippen LogP contribution in [-0.4, -0.2) is 22.1 Å². The number of hydrogen-bond donors (Lipinski definition) is 1. The van der Waals surface area contributed by atoms with Gasteiger partial charge in [0.15, 0.2) is 0 Å². The monoisotopic (exact) mass is 437 g/mol. The molecule has 0 unspecified atom stereocenters. The van der Waals surface area contributed by atoms with Crippen LogP contribution in [0, 0.1) is 0 Å². The lowest BCUT2D eigenvalue weighted by molar-refractivity contribution is -0.116. The minimum Gasteiger partial charge on any atom is -0.435 e. The van der Waals surface area contributed by atoms with Crippen molar-refractivity contribution in [3.8, 4) is 5.75 Å². The molecule has 27 heavy (non-hydrogen) atoms. The third-order valence-corrected chi connectivity index (χ3v) is 4.22. The standard InChI is InChI=1S/C18H14BrF2N3O3/c19-11-1-6-15-14(9-11)17(26)24(10-22-15)8-7-16(25)23-12-2-4-13(5-3-12)27-18(20)21/h1-6,9-10,18H,7-8H2,(H,23,25). The van der Waals surface area contributed by atoms with Crippen LogP contribution in [0.2, 0.25) is 0 Å². The topological polar surface area (TPSA) is 73.2 Å². The number of amides is 1. The van der Waals surface area contributed by atoms with Crippen molar-refractivity contribution in [1.29, 1.82) is 0 Å². The lowest BCUT2D eigenvalue weighted by atomic mass is 10.2. The summed E-state index contributed by atoms with van der Waals surface area (Å²) in [6, 6.07) is 10.8. The van der Waals surface area contributed by atoms with Crippen molar-refractivity contribution in [2.24, 2.45) is 0 Å². The SMILES string of the molecule is O=C(CCn1cnc2ccc(Br)cc2c1=O)Nc1ccc(OC(F)F)cc1. The summed E-state index contributed by atoms with van der Waals surface area (Å²) in [4.78, 5) is 28.8. The third kappa shape index (κ3) is 4.88. The number of nitrogens with zero attached hydrogens (tertiary/aromatic N) is 2. The summed E-state index contributed by atoms with van der Waals surface area (Å²) in [7, 11) is 0. The first kappa shape index (κ1) is 19.0. The smallest absolute Gasteiger partial charge is 0.387 e. The Morgan fingerprint density at radius 2 is 1.96 bits per heavy atom. The van der Waals surface area contributed by atoms with Crippen LogP contribution in [0.4, 0.5) is 14.5 Å². The van der Waals surface area contributed by atoms with Crippen LogP contribution in [0.5, 0.6) is 5.75 Å². The maximum Gasteiger partial charge on any atom is 0.387 e. The second-order valence-electron chi connectivity index (χ2n) is 5.61. The summed E-state index contributed by atoms with van der Waals surface area (Å²) in [5.74, 6) is -0.318. The number of aryl methyl sites for hydroxylation is 1. The van der Waals surface area contributed by atoms with Crippen molar-refractivity contribution < 1.29 is 18.3 Å². The molecular formula is C18H14BrF2N3O3. The predicted molar refractivity (Wildman–Crippen MR) is 100 cm³/mol. The average molecular weight is 438 g/mol. The van der Waals surface area contributed by atoms with Gasteiger partial charge in [-0.1, -0.05) is 15.9 Å². The normalized spacial score (nSPS) is 11.0. The number of aromatic nitrogens is 2. The van der Waals surface area contributed by atoms with Gasteiger partial charge < -0.3 is 10.1 Å². The Hall–Kier alpha value is -2.81. The van der Waals surface area contributed by atoms with Crippen molar-refractivity contribution in [2.75, 3.05) is 5.32 Å². The summed E-state index contributed by atoms with van der Waals surface area (Å²) in [5, 5.41) is 3.09. The van der Waals surface area contributed by atoms with Crippen LogP contribution < -0.4 is 15.6 Å². The molecule has 1 N–H and O–H groups in total. The number of hydrogen-bond acceptors (Lipinski definition) is 4. The fourth-order valence-electron chi connectivity index (χ4n) is 2.46. The molecule has 0 spiro atoms. The Bertz CT molecular complexity index is 1020. The van der Waals surface area contributed by atoms with E-state index in [1.54, 1.807) is 18.2 Å². The first-order valence-corrected chi connectivity index (χ1v) is 8.71. The van der Waals surface area contributed by atoms with Gasteiger partial charge >= 0.3 is 6.61 Å². The van der Waals surface area contributed by atoms with Gasteiger partial charge in [0.25, 0.3) is 5.56 Å². The lowest BCUT2D eigenvalue weighted by Gasteiger charge is -2.09. The number of benzene rings is 2. The van der Waals surface area contributed by atoms with Gasteiger partial charge in [0, 0.05) is 23.1 Å². The molecule has 6 nitrogen and oxygen atoms in total. The third-order valence-electron chi connectivity index (χ3n) is 3.73. The molecule has 0 radical (unpaired) electrons. The van der Waals surface area contributed by atoms with Gasteiger partial charge in [-0.15, -0.1) is 0 Å². The molecule has 0 aliphatic heterocycles. The minimum absolute atomic E-state index is 0.00273. The highest BCUT2D eigenvalue weighted by atomic mass is 79.9. The van der Waals surface area contributed by atoms with Crippen molar-refractivity contribution in [2.45, 2.75) is 19.6 Å². The van der Waals surface area contributed by atoms with Gasteiger partial charge in [0.1, 0.15) is 5.75 Å². The number of carbonyl (C=O) groups is 1. The zero-order valence-electron chi connectivity index (χ0n) is 13.9. The second kappa shape index (κ2) is 8.26. The molecule has 0 fully saturated rings. The maximum atomic E-state index is 12.5. The number of alkyl halides is 2. The van der Waals surface area contributed by atoms with Gasteiger partial charge in [-0.25, -0.2) is 4.98 Å². The van der Waals surface area contributed by atoms with E-state index in [0.29, 0.717) is 16.6 Å². The fraction of sp³-hybridized carbons (Fsp3) is 0.167. The molecule has 0 aliphatic carbocycles. The molecule has 1 heterocycles. The Morgan fingerprint density at radius 3 is 2.67 bits per heavy atom. The zero-order valence-corrected chi connectivity index (χ0v) is 15.4. The summed E-state index contributed by atoms with van der Waals surface area (Å²) in [6.07, 6.45) is 1.46. The Morgan fingerprint density at radius 1 is 1.22 bits per heavy atom. The molecular weight excluding hydrogens is 424 g/mol. The van der Waals surface area contributed by atoms with E-state index >= 15 is 0 Å². The molecule has 0 saturated carbocycles. The van der Waals surface area contributed by atoms with Gasteiger partial charge in [0.2, 0.25) is 5.91 Å². The number of carbonyl (C=O) groups excluding carboxylic acids is 1. The van der Waals surface area contributed by atoms with Gasteiger partial charge in [-0.3, -0.25) is 14.2 Å². The molecule has 0 atom stereocenters. The number of anilines is 1. The van der Waals surface area contributed by atoms with Crippen molar-refractivity contribution in [3.63, 3.8) is 0 Å². The van der Waals surface area contributed by atoms with Crippen molar-refractivity contribution >= 4 is 38.4 Å². The first-order valence-electron chi connectivity index (χ1n) is 7.92. The molecule has 2 aromatic carbocycles. The molecule has 0 bridgehead atoms. The molecule has 0 aliphatic rings. The predicted octanol–water partition coefficient (Wildman–Crippen LogP) is 3.79. The Labute approximate surface area is 160 Å². The molecule has 9 heteroatoms. The molecule has 3 aromatic rings. The molecule has 1 aromatic heterocycles. The van der Waals surface area contributed by atoms with Crippen LogP contribution in [0.1, 0.15) is 6.42 Å². The Balaban J connectivity index is 1.63. The Kier molecular flexibility index (Phi) is 5.80. The summed E-state index contributed by atoms with van der Waals surface area (Å²) >= 11 is 3.32. The van der Waals surface area contributed by atoms with Crippen LogP contribution in [0.3, 0.4) is 0 Å². The summed E-state index contributed by atoms with van der Waals surface area (Å²) < 4.78 is 30.6. The average Bonchev–Trinajstić information content (AvgIpc) is 2.63. The second-order valence-corrected chi connectivity index (χ2v) is 6.52. The van der Waals surface area contributed by atoms with E-state index in [1.807, 2.05) is 0 Å². The van der Waals surface area contributed by atoms with Gasteiger partial charge in [-0.2, -0.15) is 8.78 Å². The number of ether oxygens (including phenoxy) is 1. The molecule has 1 amide bonds. The number of halogens is 3. The van der Waals surface area contributed by atoms with Crippen LogP contribution >= 0.6 is 15.9 Å². The van der Waals surface area contributed by atoms with Crippen LogP contribution in [0.25, 0.3) is 10.9 Å². The molecule has 0 saturated heterocycles. The lowest BCUT2D eigenvalue weighted by Crippen LogP contribution is -2.23. The van der Waals surface area contributed by atoms with Crippen molar-refractivity contribution in [1.82, 2.24) is 9.55 Å². The van der Waals surface area contributed by atoms with E-state index in [0.717, 1.165) is 4.47 Å². The zero-order chi connectivity index (χ0) is 19.4. The maximum absolute atomic E-state index is 12.5. The number of nitrogens with one attached hydrogen (secondary N) is 1.